The van der Waals surface area contributed by atoms with Crippen molar-refractivity contribution >= 4 is 45.5 Å². The van der Waals surface area contributed by atoms with Gasteiger partial charge in [-0.05, 0) is 45.4 Å². The van der Waals surface area contributed by atoms with Crippen molar-refractivity contribution in [1.29, 1.82) is 0 Å². The van der Waals surface area contributed by atoms with E-state index in [1.165, 1.54) is 7.11 Å². The summed E-state index contributed by atoms with van der Waals surface area (Å²) in [6.45, 7) is 6.49. The second kappa shape index (κ2) is 11.5. The molecule has 10 nitrogen and oxygen atoms in total. The molecule has 10 heteroatoms. The fourth-order valence-electron chi connectivity index (χ4n) is 3.45. The number of amides is 2. The predicted molar refractivity (Wildman–Crippen MR) is 133 cm³/mol. The molecule has 0 aliphatic carbocycles. The zero-order valence-electron chi connectivity index (χ0n) is 20.4. The minimum absolute atomic E-state index is 0.110. The molecule has 186 valence electrons. The fourth-order valence-corrected chi connectivity index (χ4v) is 3.45. The van der Waals surface area contributed by atoms with E-state index in [1.54, 1.807) is 45.3 Å². The van der Waals surface area contributed by atoms with Gasteiger partial charge in [0.25, 0.3) is 0 Å². The lowest BCUT2D eigenvalue weighted by Gasteiger charge is -2.19. The lowest BCUT2D eigenvalue weighted by atomic mass is 10.1. The number of benzene rings is 1. The van der Waals surface area contributed by atoms with Crippen molar-refractivity contribution in [2.45, 2.75) is 39.2 Å². The highest BCUT2D eigenvalue weighted by atomic mass is 16.6. The zero-order chi connectivity index (χ0) is 25.4. The first-order valence-electron chi connectivity index (χ1n) is 11.4. The molecule has 0 fully saturated rings. The Hall–Kier alpha value is -3.95. The molecule has 0 spiro atoms. The maximum absolute atomic E-state index is 12.1. The Morgan fingerprint density at radius 1 is 0.971 bits per heavy atom. The van der Waals surface area contributed by atoms with E-state index in [1.807, 2.05) is 12.1 Å². The maximum atomic E-state index is 12.1. The number of hydrogen-bond acceptors (Lipinski definition) is 8. The highest BCUT2D eigenvalue weighted by Crippen LogP contribution is 2.29. The molecular weight excluding hydrogens is 450 g/mol. The predicted octanol–water partition coefficient (Wildman–Crippen LogP) is 3.40. The van der Waals surface area contributed by atoms with E-state index in [-0.39, 0.29) is 12.5 Å². The van der Waals surface area contributed by atoms with Gasteiger partial charge in [-0.1, -0.05) is 6.07 Å². The van der Waals surface area contributed by atoms with Crippen molar-refractivity contribution in [3.8, 4) is 0 Å². The second-order valence-corrected chi connectivity index (χ2v) is 8.91. The smallest absolute Gasteiger partial charge is 0.407 e. The Morgan fingerprint density at radius 2 is 1.74 bits per heavy atom. The SMILES string of the molecule is COC(=O)c1ccc2c(c1)nc(NCCCC(=O)NCCNC(=O)OC(C)(C)C)c1ccncc12. The third-order valence-electron chi connectivity index (χ3n) is 5.01. The highest BCUT2D eigenvalue weighted by molar-refractivity contribution is 6.10. The van der Waals surface area contributed by atoms with Crippen LogP contribution in [0.15, 0.2) is 36.7 Å². The van der Waals surface area contributed by atoms with E-state index in [9.17, 15) is 14.4 Å². The van der Waals surface area contributed by atoms with Crippen LogP contribution < -0.4 is 16.0 Å². The second-order valence-electron chi connectivity index (χ2n) is 8.91. The minimum Gasteiger partial charge on any atom is -0.465 e. The quantitative estimate of drug-likeness (QED) is 0.241. The number of pyridine rings is 2. The Balaban J connectivity index is 1.53. The van der Waals surface area contributed by atoms with Gasteiger partial charge < -0.3 is 25.4 Å². The van der Waals surface area contributed by atoms with Crippen molar-refractivity contribution in [1.82, 2.24) is 20.6 Å². The third kappa shape index (κ3) is 7.26. The van der Waals surface area contributed by atoms with Crippen LogP contribution in [0, 0.1) is 0 Å². The number of carbonyl (C=O) groups is 3. The molecule has 0 radical (unpaired) electrons. The number of anilines is 1. The number of fused-ring (bicyclic) bond motifs is 3. The molecule has 3 N–H and O–H groups in total. The number of esters is 1. The topological polar surface area (TPSA) is 132 Å². The van der Waals surface area contributed by atoms with Crippen molar-refractivity contribution in [3.63, 3.8) is 0 Å². The Labute approximate surface area is 203 Å². The lowest BCUT2D eigenvalue weighted by Crippen LogP contribution is -2.37. The summed E-state index contributed by atoms with van der Waals surface area (Å²) in [4.78, 5) is 44.5. The maximum Gasteiger partial charge on any atom is 0.407 e. The molecule has 2 amide bonds. The molecule has 2 aromatic heterocycles. The van der Waals surface area contributed by atoms with Gasteiger partial charge >= 0.3 is 12.1 Å². The zero-order valence-corrected chi connectivity index (χ0v) is 20.4. The van der Waals surface area contributed by atoms with E-state index < -0.39 is 17.7 Å². The van der Waals surface area contributed by atoms with Crippen LogP contribution in [0.4, 0.5) is 10.6 Å². The first kappa shape index (κ1) is 25.7. The number of rotatable bonds is 9. The van der Waals surface area contributed by atoms with Gasteiger partial charge in [-0.3, -0.25) is 9.78 Å². The Bertz CT molecular complexity index is 1220. The van der Waals surface area contributed by atoms with Crippen molar-refractivity contribution in [2.75, 3.05) is 32.1 Å². The number of alkyl carbamates (subject to hydrolysis) is 1. The van der Waals surface area contributed by atoms with Gasteiger partial charge in [-0.2, -0.15) is 0 Å². The number of nitrogens with zero attached hydrogens (tertiary/aromatic N) is 2. The molecular formula is C25H31N5O5. The van der Waals surface area contributed by atoms with Gasteiger partial charge in [-0.15, -0.1) is 0 Å². The molecule has 0 aliphatic heterocycles. The third-order valence-corrected chi connectivity index (χ3v) is 5.01. The van der Waals surface area contributed by atoms with Crippen LogP contribution in [-0.2, 0) is 14.3 Å². The average molecular weight is 482 g/mol. The minimum atomic E-state index is -0.564. The molecule has 0 saturated heterocycles. The summed E-state index contributed by atoms with van der Waals surface area (Å²) in [6, 6.07) is 7.11. The average Bonchev–Trinajstić information content (AvgIpc) is 2.82. The number of ether oxygens (including phenoxy) is 2. The largest absolute Gasteiger partial charge is 0.465 e. The molecule has 0 bridgehead atoms. The van der Waals surface area contributed by atoms with Crippen LogP contribution in [0.3, 0.4) is 0 Å². The van der Waals surface area contributed by atoms with Gasteiger partial charge in [0.1, 0.15) is 11.4 Å². The summed E-state index contributed by atoms with van der Waals surface area (Å²) in [7, 11) is 1.34. The van der Waals surface area contributed by atoms with Gasteiger partial charge in [0.15, 0.2) is 0 Å². The van der Waals surface area contributed by atoms with E-state index in [4.69, 9.17) is 14.5 Å². The van der Waals surface area contributed by atoms with E-state index in [2.05, 4.69) is 20.9 Å². The van der Waals surface area contributed by atoms with Crippen LogP contribution in [-0.4, -0.2) is 60.3 Å². The van der Waals surface area contributed by atoms with Gasteiger partial charge in [0, 0.05) is 54.6 Å². The van der Waals surface area contributed by atoms with Gasteiger partial charge in [0.05, 0.1) is 18.2 Å². The highest BCUT2D eigenvalue weighted by Gasteiger charge is 2.15. The number of nitrogens with one attached hydrogen (secondary N) is 3. The van der Waals surface area contributed by atoms with E-state index >= 15 is 0 Å². The Kier molecular flexibility index (Phi) is 8.40. The normalized spacial score (nSPS) is 11.2. The first-order valence-corrected chi connectivity index (χ1v) is 11.4. The number of carbonyl (C=O) groups excluding carboxylic acids is 3. The summed E-state index contributed by atoms with van der Waals surface area (Å²) in [5.74, 6) is 0.113. The Morgan fingerprint density at radius 3 is 2.49 bits per heavy atom. The molecule has 1 aromatic carbocycles. The molecule has 0 aliphatic rings. The van der Waals surface area contributed by atoms with Crippen LogP contribution in [0.2, 0.25) is 0 Å². The summed E-state index contributed by atoms with van der Waals surface area (Å²) >= 11 is 0. The molecule has 0 atom stereocenters. The van der Waals surface area contributed by atoms with E-state index in [0.717, 1.165) is 16.2 Å². The number of hydrogen-bond donors (Lipinski definition) is 3. The molecule has 3 rings (SSSR count). The standard InChI is InChI=1S/C25H31N5O5/c1-25(2,3)35-24(33)29-13-12-27-21(31)6-5-10-28-22-18-9-11-26-15-19(18)17-8-7-16(23(32)34-4)14-20(17)30-22/h7-9,11,14-15H,5-6,10,12-13H2,1-4H3,(H,27,31)(H,28,30)(H,29,33). The molecule has 0 saturated carbocycles. The van der Waals surface area contributed by atoms with Gasteiger partial charge in [0.2, 0.25) is 5.91 Å². The van der Waals surface area contributed by atoms with Crippen LogP contribution in [0.25, 0.3) is 21.7 Å². The van der Waals surface area contributed by atoms with Crippen molar-refractivity contribution < 1.29 is 23.9 Å². The van der Waals surface area contributed by atoms with E-state index in [0.29, 0.717) is 42.8 Å². The molecule has 3 aromatic rings. The van der Waals surface area contributed by atoms with Crippen molar-refractivity contribution in [2.24, 2.45) is 0 Å². The molecule has 2 heterocycles. The summed E-state index contributed by atoms with van der Waals surface area (Å²) < 4.78 is 9.95. The number of methoxy groups -OCH3 is 1. The fraction of sp³-hybridized carbons (Fsp3) is 0.400. The van der Waals surface area contributed by atoms with Crippen LogP contribution in [0.5, 0.6) is 0 Å². The van der Waals surface area contributed by atoms with Crippen molar-refractivity contribution in [3.05, 3.63) is 42.2 Å². The first-order chi connectivity index (χ1) is 16.7. The number of aromatic nitrogens is 2. The van der Waals surface area contributed by atoms with Crippen LogP contribution >= 0.6 is 0 Å². The summed E-state index contributed by atoms with van der Waals surface area (Å²) in [5, 5.41) is 11.4. The summed E-state index contributed by atoms with van der Waals surface area (Å²) in [6.07, 6.45) is 3.85. The van der Waals surface area contributed by atoms with Gasteiger partial charge in [-0.25, -0.2) is 14.6 Å². The molecule has 35 heavy (non-hydrogen) atoms. The molecule has 0 unspecified atom stereocenters. The monoisotopic (exact) mass is 481 g/mol. The lowest BCUT2D eigenvalue weighted by molar-refractivity contribution is -0.121. The van der Waals surface area contributed by atoms with Crippen LogP contribution in [0.1, 0.15) is 44.0 Å². The summed E-state index contributed by atoms with van der Waals surface area (Å²) in [5.41, 5.74) is 0.497.